The molecule has 2 N–H and O–H groups in total. The number of anilines is 1. The third-order valence-electron chi connectivity index (χ3n) is 4.36. The number of amides is 1. The summed E-state index contributed by atoms with van der Waals surface area (Å²) in [5.41, 5.74) is 3.36. The number of rotatable bonds is 5. The number of carbonyl (C=O) groups is 1. The molecule has 146 valence electrons. The maximum Gasteiger partial charge on any atom is 0.265 e. The first-order valence-corrected chi connectivity index (χ1v) is 9.73. The van der Waals surface area contributed by atoms with Gasteiger partial charge in [-0.2, -0.15) is 0 Å². The molecule has 0 aliphatic rings. The van der Waals surface area contributed by atoms with Gasteiger partial charge in [0.25, 0.3) is 5.91 Å². The highest BCUT2D eigenvalue weighted by atomic mass is 35.5. The standard InChI is InChI=1S/C22H17Cl2N3O2/c1-13(29-20-10-9-15(23)12-17(20)24)22(28)25-16-6-4-5-14(11-16)21-26-18-7-2-3-8-19(18)27-21/h2-13H,1H3,(H,25,28)(H,26,27). The van der Waals surface area contributed by atoms with E-state index < -0.39 is 6.10 Å². The highest BCUT2D eigenvalue weighted by Gasteiger charge is 2.17. The number of halogens is 2. The van der Waals surface area contributed by atoms with Crippen molar-refractivity contribution in [1.29, 1.82) is 0 Å². The zero-order valence-electron chi connectivity index (χ0n) is 15.4. The van der Waals surface area contributed by atoms with Crippen LogP contribution in [0.2, 0.25) is 10.0 Å². The zero-order valence-corrected chi connectivity index (χ0v) is 17.0. The third-order valence-corrected chi connectivity index (χ3v) is 4.89. The van der Waals surface area contributed by atoms with Crippen LogP contribution < -0.4 is 10.1 Å². The van der Waals surface area contributed by atoms with Crippen LogP contribution in [-0.4, -0.2) is 22.0 Å². The SMILES string of the molecule is CC(Oc1ccc(Cl)cc1Cl)C(=O)Nc1cccc(-c2nc3ccccc3[nH]2)c1. The van der Waals surface area contributed by atoms with E-state index in [1.165, 1.54) is 0 Å². The molecule has 3 aromatic carbocycles. The Bertz CT molecular complexity index is 1160. The average Bonchev–Trinajstić information content (AvgIpc) is 3.14. The highest BCUT2D eigenvalue weighted by Crippen LogP contribution is 2.28. The first kappa shape index (κ1) is 19.3. The summed E-state index contributed by atoms with van der Waals surface area (Å²) in [6, 6.07) is 20.1. The predicted molar refractivity (Wildman–Crippen MR) is 117 cm³/mol. The van der Waals surface area contributed by atoms with Gasteiger partial charge < -0.3 is 15.0 Å². The van der Waals surface area contributed by atoms with Crippen LogP contribution in [0.4, 0.5) is 5.69 Å². The summed E-state index contributed by atoms with van der Waals surface area (Å²) in [5, 5.41) is 3.71. The molecule has 29 heavy (non-hydrogen) atoms. The Morgan fingerprint density at radius 3 is 2.69 bits per heavy atom. The van der Waals surface area contributed by atoms with Crippen molar-refractivity contribution in [3.05, 3.63) is 76.8 Å². The van der Waals surface area contributed by atoms with Crippen molar-refractivity contribution in [3.63, 3.8) is 0 Å². The van der Waals surface area contributed by atoms with Crippen molar-refractivity contribution >= 4 is 45.8 Å². The molecule has 1 heterocycles. The molecule has 0 aliphatic heterocycles. The van der Waals surface area contributed by atoms with E-state index >= 15 is 0 Å². The number of fused-ring (bicyclic) bond motifs is 1. The van der Waals surface area contributed by atoms with Gasteiger partial charge in [0.1, 0.15) is 11.6 Å². The van der Waals surface area contributed by atoms with E-state index in [2.05, 4.69) is 15.3 Å². The van der Waals surface area contributed by atoms with E-state index in [1.54, 1.807) is 25.1 Å². The highest BCUT2D eigenvalue weighted by molar-refractivity contribution is 6.35. The molecule has 5 nitrogen and oxygen atoms in total. The van der Waals surface area contributed by atoms with Crippen molar-refractivity contribution in [1.82, 2.24) is 9.97 Å². The van der Waals surface area contributed by atoms with Gasteiger partial charge in [-0.05, 0) is 49.4 Å². The molecule has 1 aromatic heterocycles. The van der Waals surface area contributed by atoms with Gasteiger partial charge in [0, 0.05) is 16.3 Å². The van der Waals surface area contributed by atoms with Gasteiger partial charge in [-0.15, -0.1) is 0 Å². The van der Waals surface area contributed by atoms with Crippen LogP contribution in [-0.2, 0) is 4.79 Å². The van der Waals surface area contributed by atoms with Gasteiger partial charge in [-0.3, -0.25) is 4.79 Å². The molecule has 0 aliphatic carbocycles. The molecule has 0 saturated heterocycles. The molecule has 0 fully saturated rings. The number of hydrogen-bond acceptors (Lipinski definition) is 3. The van der Waals surface area contributed by atoms with Crippen LogP contribution in [0.15, 0.2) is 66.7 Å². The molecule has 0 spiro atoms. The number of carbonyl (C=O) groups excluding carboxylic acids is 1. The van der Waals surface area contributed by atoms with Crippen molar-refractivity contribution in [2.24, 2.45) is 0 Å². The minimum absolute atomic E-state index is 0.294. The largest absolute Gasteiger partial charge is 0.479 e. The van der Waals surface area contributed by atoms with Crippen LogP contribution >= 0.6 is 23.2 Å². The third kappa shape index (κ3) is 4.36. The molecule has 4 rings (SSSR count). The minimum atomic E-state index is -0.747. The molecule has 7 heteroatoms. The lowest BCUT2D eigenvalue weighted by molar-refractivity contribution is -0.122. The Hall–Kier alpha value is -3.02. The minimum Gasteiger partial charge on any atom is -0.479 e. The lowest BCUT2D eigenvalue weighted by Crippen LogP contribution is -2.30. The van der Waals surface area contributed by atoms with E-state index in [0.717, 1.165) is 22.4 Å². The van der Waals surface area contributed by atoms with Gasteiger partial charge in [-0.25, -0.2) is 4.98 Å². The van der Waals surface area contributed by atoms with Crippen molar-refractivity contribution in [2.45, 2.75) is 13.0 Å². The van der Waals surface area contributed by atoms with E-state index in [1.807, 2.05) is 48.5 Å². The Morgan fingerprint density at radius 2 is 1.90 bits per heavy atom. The van der Waals surface area contributed by atoms with E-state index in [-0.39, 0.29) is 5.91 Å². The first-order chi connectivity index (χ1) is 14.0. The van der Waals surface area contributed by atoms with Gasteiger partial charge in [0.15, 0.2) is 6.10 Å². The summed E-state index contributed by atoms with van der Waals surface area (Å²) in [5.74, 6) is 0.840. The fraction of sp³-hybridized carbons (Fsp3) is 0.0909. The number of ether oxygens (including phenoxy) is 1. The maximum absolute atomic E-state index is 12.6. The second kappa shape index (κ2) is 8.15. The predicted octanol–water partition coefficient (Wildman–Crippen LogP) is 5.94. The number of imidazole rings is 1. The Labute approximate surface area is 177 Å². The van der Waals surface area contributed by atoms with Crippen LogP contribution in [0.25, 0.3) is 22.4 Å². The Kier molecular flexibility index (Phi) is 5.43. The van der Waals surface area contributed by atoms with Gasteiger partial charge in [0.05, 0.1) is 16.1 Å². The van der Waals surface area contributed by atoms with Gasteiger partial charge >= 0.3 is 0 Å². The molecule has 0 bridgehead atoms. The number of nitrogens with one attached hydrogen (secondary N) is 2. The summed E-state index contributed by atoms with van der Waals surface area (Å²) >= 11 is 12.0. The molecule has 0 radical (unpaired) electrons. The number of para-hydroxylation sites is 2. The molecule has 1 atom stereocenters. The fourth-order valence-corrected chi connectivity index (χ4v) is 3.35. The molecule has 0 saturated carbocycles. The molecular weight excluding hydrogens is 409 g/mol. The normalized spacial score (nSPS) is 12.0. The number of H-pyrrole nitrogens is 1. The lowest BCUT2D eigenvalue weighted by Gasteiger charge is -2.16. The van der Waals surface area contributed by atoms with Gasteiger partial charge in [0.2, 0.25) is 0 Å². The monoisotopic (exact) mass is 425 g/mol. The lowest BCUT2D eigenvalue weighted by atomic mass is 10.2. The first-order valence-electron chi connectivity index (χ1n) is 8.97. The number of benzene rings is 3. The summed E-state index contributed by atoms with van der Waals surface area (Å²) < 4.78 is 5.67. The number of aromatic amines is 1. The van der Waals surface area contributed by atoms with Crippen molar-refractivity contribution in [2.75, 3.05) is 5.32 Å². The molecule has 1 unspecified atom stereocenters. The molecule has 1 amide bonds. The number of hydrogen-bond donors (Lipinski definition) is 2. The summed E-state index contributed by atoms with van der Waals surface area (Å²) in [6.45, 7) is 1.66. The van der Waals surface area contributed by atoms with Crippen molar-refractivity contribution < 1.29 is 9.53 Å². The van der Waals surface area contributed by atoms with Crippen LogP contribution in [0.3, 0.4) is 0 Å². The fourth-order valence-electron chi connectivity index (χ4n) is 2.89. The summed E-state index contributed by atoms with van der Waals surface area (Å²) in [7, 11) is 0. The van der Waals surface area contributed by atoms with E-state index in [0.29, 0.717) is 21.5 Å². The number of aromatic nitrogens is 2. The van der Waals surface area contributed by atoms with Gasteiger partial charge in [-0.1, -0.05) is 47.5 Å². The smallest absolute Gasteiger partial charge is 0.265 e. The topological polar surface area (TPSA) is 67.0 Å². The van der Waals surface area contributed by atoms with Crippen LogP contribution in [0.1, 0.15) is 6.92 Å². The average molecular weight is 426 g/mol. The molecule has 4 aromatic rings. The van der Waals surface area contributed by atoms with Crippen molar-refractivity contribution in [3.8, 4) is 17.1 Å². The Balaban J connectivity index is 1.49. The summed E-state index contributed by atoms with van der Waals surface area (Å²) in [6.07, 6.45) is -0.747. The summed E-state index contributed by atoms with van der Waals surface area (Å²) in [4.78, 5) is 20.4. The number of nitrogens with zero attached hydrogens (tertiary/aromatic N) is 1. The molecular formula is C22H17Cl2N3O2. The second-order valence-electron chi connectivity index (χ2n) is 6.51. The van der Waals surface area contributed by atoms with Crippen LogP contribution in [0, 0.1) is 0 Å². The van der Waals surface area contributed by atoms with Crippen LogP contribution in [0.5, 0.6) is 5.75 Å². The maximum atomic E-state index is 12.6. The Morgan fingerprint density at radius 1 is 1.07 bits per heavy atom. The quantitative estimate of drug-likeness (QED) is 0.415. The second-order valence-corrected chi connectivity index (χ2v) is 7.35. The van der Waals surface area contributed by atoms with E-state index in [9.17, 15) is 4.79 Å². The zero-order chi connectivity index (χ0) is 20.4. The van der Waals surface area contributed by atoms with E-state index in [4.69, 9.17) is 27.9 Å².